The molecule has 0 aromatic carbocycles. The van der Waals surface area contributed by atoms with E-state index in [0.717, 1.165) is 45.4 Å². The highest BCUT2D eigenvalue weighted by molar-refractivity contribution is 7.90. The van der Waals surface area contributed by atoms with E-state index in [1.165, 1.54) is 6.26 Å². The van der Waals surface area contributed by atoms with E-state index in [-0.39, 0.29) is 5.75 Å². The highest BCUT2D eigenvalue weighted by atomic mass is 32.2. The van der Waals surface area contributed by atoms with Crippen LogP contribution in [0.1, 0.15) is 32.6 Å². The molecule has 0 aliphatic carbocycles. The predicted molar refractivity (Wildman–Crippen MR) is 70.0 cm³/mol. The average molecular weight is 263 g/mol. The first-order chi connectivity index (χ1) is 8.03. The lowest BCUT2D eigenvalue weighted by Crippen LogP contribution is -2.40. The van der Waals surface area contributed by atoms with Crippen molar-refractivity contribution < 1.29 is 13.2 Å². The molecule has 0 bridgehead atoms. The first-order valence-electron chi connectivity index (χ1n) is 6.52. The first kappa shape index (κ1) is 14.9. The van der Waals surface area contributed by atoms with Gasteiger partial charge in [0, 0.05) is 25.5 Å². The van der Waals surface area contributed by atoms with Gasteiger partial charge in [-0.2, -0.15) is 0 Å². The molecule has 0 saturated carbocycles. The second-order valence-electron chi connectivity index (χ2n) is 4.93. The van der Waals surface area contributed by atoms with Gasteiger partial charge in [-0.25, -0.2) is 8.42 Å². The fourth-order valence-corrected chi connectivity index (χ4v) is 2.98. The fraction of sp³-hybridized carbons (Fsp3) is 1.00. The Hall–Kier alpha value is -0.130. The van der Waals surface area contributed by atoms with E-state index < -0.39 is 9.84 Å². The summed E-state index contributed by atoms with van der Waals surface area (Å²) in [5.41, 5.74) is 0. The molecule has 17 heavy (non-hydrogen) atoms. The molecule has 5 heteroatoms. The van der Waals surface area contributed by atoms with Crippen LogP contribution in [0.25, 0.3) is 0 Å². The van der Waals surface area contributed by atoms with Crippen molar-refractivity contribution in [3.8, 4) is 0 Å². The van der Waals surface area contributed by atoms with Crippen LogP contribution in [0.5, 0.6) is 0 Å². The zero-order valence-electron chi connectivity index (χ0n) is 10.9. The van der Waals surface area contributed by atoms with E-state index in [4.69, 9.17) is 4.74 Å². The Morgan fingerprint density at radius 2 is 2.00 bits per heavy atom. The maximum absolute atomic E-state index is 11.2. The van der Waals surface area contributed by atoms with Crippen LogP contribution in [-0.2, 0) is 14.6 Å². The highest BCUT2D eigenvalue weighted by Gasteiger charge is 2.24. The summed E-state index contributed by atoms with van der Waals surface area (Å²) in [6, 6.07) is 0.327. The summed E-state index contributed by atoms with van der Waals surface area (Å²) in [5.74, 6) is 0.850. The molecule has 0 radical (unpaired) electrons. The Bertz CT molecular complexity index is 297. The van der Waals surface area contributed by atoms with E-state index in [1.807, 2.05) is 0 Å². The predicted octanol–water partition coefficient (Wildman–Crippen LogP) is 1.22. The second kappa shape index (κ2) is 7.34. The summed E-state index contributed by atoms with van der Waals surface area (Å²) < 4.78 is 27.8. The van der Waals surface area contributed by atoms with Gasteiger partial charge in [-0.1, -0.05) is 6.92 Å². The van der Waals surface area contributed by atoms with Gasteiger partial charge in [0.25, 0.3) is 0 Å². The molecular weight excluding hydrogens is 238 g/mol. The fourth-order valence-electron chi connectivity index (χ4n) is 2.29. The van der Waals surface area contributed by atoms with Crippen LogP contribution in [0, 0.1) is 5.92 Å². The molecule has 1 fully saturated rings. The molecule has 4 nitrogen and oxygen atoms in total. The molecule has 0 aromatic rings. The molecule has 1 aliphatic heterocycles. The van der Waals surface area contributed by atoms with Gasteiger partial charge in [-0.15, -0.1) is 0 Å². The van der Waals surface area contributed by atoms with Gasteiger partial charge < -0.3 is 10.1 Å². The van der Waals surface area contributed by atoms with Crippen molar-refractivity contribution >= 4 is 9.84 Å². The van der Waals surface area contributed by atoms with Crippen LogP contribution in [0.2, 0.25) is 0 Å². The average Bonchev–Trinajstić information content (AvgIpc) is 2.29. The van der Waals surface area contributed by atoms with E-state index in [2.05, 4.69) is 12.2 Å². The van der Waals surface area contributed by atoms with Crippen molar-refractivity contribution in [2.24, 2.45) is 5.92 Å². The quantitative estimate of drug-likeness (QED) is 0.750. The van der Waals surface area contributed by atoms with Crippen molar-refractivity contribution in [2.75, 3.05) is 31.8 Å². The van der Waals surface area contributed by atoms with Gasteiger partial charge in [-0.3, -0.25) is 0 Å². The van der Waals surface area contributed by atoms with E-state index in [9.17, 15) is 8.42 Å². The van der Waals surface area contributed by atoms with E-state index >= 15 is 0 Å². The Kier molecular flexibility index (Phi) is 6.44. The highest BCUT2D eigenvalue weighted by Crippen LogP contribution is 2.21. The van der Waals surface area contributed by atoms with Crippen molar-refractivity contribution in [2.45, 2.75) is 38.6 Å². The molecule has 1 unspecified atom stereocenters. The van der Waals surface area contributed by atoms with E-state index in [0.29, 0.717) is 12.0 Å². The molecule has 1 saturated heterocycles. The monoisotopic (exact) mass is 263 g/mol. The van der Waals surface area contributed by atoms with E-state index in [1.54, 1.807) is 0 Å². The smallest absolute Gasteiger partial charge is 0.147 e. The number of hydrogen-bond donors (Lipinski definition) is 1. The van der Waals surface area contributed by atoms with Crippen LogP contribution in [0.3, 0.4) is 0 Å². The number of nitrogens with one attached hydrogen (secondary N) is 1. The molecule has 102 valence electrons. The normalized spacial score (nSPS) is 20.4. The molecule has 1 aliphatic rings. The minimum atomic E-state index is -2.85. The topological polar surface area (TPSA) is 55.4 Å². The van der Waals surface area contributed by atoms with Crippen molar-refractivity contribution in [3.63, 3.8) is 0 Å². The Morgan fingerprint density at radius 1 is 1.35 bits per heavy atom. The Balaban J connectivity index is 2.46. The molecule has 1 atom stereocenters. The number of ether oxygens (including phenoxy) is 1. The summed E-state index contributed by atoms with van der Waals surface area (Å²) in [7, 11) is -2.85. The lowest BCUT2D eigenvalue weighted by molar-refractivity contribution is 0.0533. The minimum Gasteiger partial charge on any atom is -0.381 e. The van der Waals surface area contributed by atoms with Crippen LogP contribution in [0.4, 0.5) is 0 Å². The standard InChI is InChI=1S/C12H25NO3S/c1-3-7-13-12(6-10-17(2,14)15)11-4-8-16-9-5-11/h11-13H,3-10H2,1-2H3. The molecular formula is C12H25NO3S. The molecule has 0 spiro atoms. The van der Waals surface area contributed by atoms with Gasteiger partial charge in [0.2, 0.25) is 0 Å². The van der Waals surface area contributed by atoms with Crippen LogP contribution >= 0.6 is 0 Å². The van der Waals surface area contributed by atoms with Crippen LogP contribution < -0.4 is 5.32 Å². The third kappa shape index (κ3) is 6.38. The number of sulfone groups is 1. The summed E-state index contributed by atoms with van der Waals surface area (Å²) in [4.78, 5) is 0. The van der Waals surface area contributed by atoms with Crippen molar-refractivity contribution in [1.82, 2.24) is 5.32 Å². The Morgan fingerprint density at radius 3 is 2.53 bits per heavy atom. The van der Waals surface area contributed by atoms with Gasteiger partial charge in [-0.05, 0) is 38.1 Å². The minimum absolute atomic E-state index is 0.283. The molecule has 0 amide bonds. The lowest BCUT2D eigenvalue weighted by Gasteiger charge is -2.31. The van der Waals surface area contributed by atoms with Gasteiger partial charge in [0.1, 0.15) is 9.84 Å². The van der Waals surface area contributed by atoms with Crippen LogP contribution in [-0.4, -0.2) is 46.2 Å². The largest absolute Gasteiger partial charge is 0.381 e. The summed E-state index contributed by atoms with van der Waals surface area (Å²) in [6.45, 7) is 4.72. The first-order valence-corrected chi connectivity index (χ1v) is 8.58. The molecule has 1 rings (SSSR count). The second-order valence-corrected chi connectivity index (χ2v) is 7.19. The van der Waals surface area contributed by atoms with Gasteiger partial charge in [0.15, 0.2) is 0 Å². The molecule has 1 heterocycles. The SMILES string of the molecule is CCCNC(CCS(C)(=O)=O)C1CCOCC1. The molecule has 0 aromatic heterocycles. The maximum Gasteiger partial charge on any atom is 0.147 e. The number of rotatable bonds is 7. The summed E-state index contributed by atoms with van der Waals surface area (Å²) in [5, 5.41) is 3.49. The summed E-state index contributed by atoms with van der Waals surface area (Å²) in [6.07, 6.45) is 5.21. The summed E-state index contributed by atoms with van der Waals surface area (Å²) >= 11 is 0. The maximum atomic E-state index is 11.2. The third-order valence-electron chi connectivity index (χ3n) is 3.29. The van der Waals surface area contributed by atoms with Crippen molar-refractivity contribution in [1.29, 1.82) is 0 Å². The van der Waals surface area contributed by atoms with Crippen LogP contribution in [0.15, 0.2) is 0 Å². The Labute approximate surface area is 105 Å². The zero-order valence-corrected chi connectivity index (χ0v) is 11.8. The van der Waals surface area contributed by atoms with Crippen molar-refractivity contribution in [3.05, 3.63) is 0 Å². The number of hydrogen-bond acceptors (Lipinski definition) is 4. The molecule has 1 N–H and O–H groups in total. The lowest BCUT2D eigenvalue weighted by atomic mass is 9.90. The zero-order chi connectivity index (χ0) is 12.7. The van der Waals surface area contributed by atoms with Gasteiger partial charge in [0.05, 0.1) is 5.75 Å². The third-order valence-corrected chi connectivity index (χ3v) is 4.27. The van der Waals surface area contributed by atoms with Gasteiger partial charge >= 0.3 is 0 Å².